The van der Waals surface area contributed by atoms with Crippen LogP contribution >= 0.6 is 0 Å². The van der Waals surface area contributed by atoms with Gasteiger partial charge in [-0.15, -0.1) is 0 Å². The van der Waals surface area contributed by atoms with Gasteiger partial charge in [-0.3, -0.25) is 0 Å². The van der Waals surface area contributed by atoms with Crippen molar-refractivity contribution < 1.29 is 4.74 Å². The maximum absolute atomic E-state index is 5.72. The van der Waals surface area contributed by atoms with Gasteiger partial charge in [0.15, 0.2) is 0 Å². The highest BCUT2D eigenvalue weighted by molar-refractivity contribution is 5.30. The van der Waals surface area contributed by atoms with E-state index in [2.05, 4.69) is 31.3 Å². The van der Waals surface area contributed by atoms with Gasteiger partial charge in [0.05, 0.1) is 6.10 Å². The van der Waals surface area contributed by atoms with Gasteiger partial charge < -0.3 is 15.8 Å². The summed E-state index contributed by atoms with van der Waals surface area (Å²) in [5.74, 6) is 0.922. The lowest BCUT2D eigenvalue weighted by molar-refractivity contribution is 0.235. The Kier molecular flexibility index (Phi) is 5.83. The highest BCUT2D eigenvalue weighted by Crippen LogP contribution is 2.36. The standard InChI is InChI=1S/C16H28N2O/c1-12(2)19-14-8-6-13(7-9-14)15(18-5)16(3,4)10-11-17/h6-9,12,15,18H,10-11,17H2,1-5H3. The third-order valence-corrected chi connectivity index (χ3v) is 3.44. The number of hydrogen-bond donors (Lipinski definition) is 2. The summed E-state index contributed by atoms with van der Waals surface area (Å²) >= 11 is 0. The van der Waals surface area contributed by atoms with Gasteiger partial charge in [-0.1, -0.05) is 26.0 Å². The van der Waals surface area contributed by atoms with E-state index in [0.29, 0.717) is 12.6 Å². The first-order valence-corrected chi connectivity index (χ1v) is 7.04. The van der Waals surface area contributed by atoms with Crippen molar-refractivity contribution in [2.45, 2.75) is 46.3 Å². The minimum atomic E-state index is 0.129. The summed E-state index contributed by atoms with van der Waals surface area (Å²) in [6.07, 6.45) is 1.20. The van der Waals surface area contributed by atoms with E-state index >= 15 is 0 Å². The van der Waals surface area contributed by atoms with Gasteiger partial charge >= 0.3 is 0 Å². The van der Waals surface area contributed by atoms with E-state index in [9.17, 15) is 0 Å². The number of nitrogens with two attached hydrogens (primary N) is 1. The molecule has 0 aromatic heterocycles. The number of nitrogens with one attached hydrogen (secondary N) is 1. The predicted octanol–water partition coefficient (Wildman–Crippen LogP) is 3.11. The van der Waals surface area contributed by atoms with Crippen molar-refractivity contribution in [1.82, 2.24) is 5.32 Å². The second-order valence-electron chi connectivity index (χ2n) is 5.98. The van der Waals surface area contributed by atoms with E-state index in [0.717, 1.165) is 12.2 Å². The molecular weight excluding hydrogens is 236 g/mol. The van der Waals surface area contributed by atoms with Crippen LogP contribution in [-0.2, 0) is 0 Å². The predicted molar refractivity (Wildman–Crippen MR) is 81.5 cm³/mol. The summed E-state index contributed by atoms with van der Waals surface area (Å²) in [5, 5.41) is 3.41. The fourth-order valence-corrected chi connectivity index (χ4v) is 2.54. The van der Waals surface area contributed by atoms with E-state index in [1.165, 1.54) is 5.56 Å². The lowest BCUT2D eigenvalue weighted by atomic mass is 9.78. The highest BCUT2D eigenvalue weighted by Gasteiger charge is 2.28. The van der Waals surface area contributed by atoms with Crippen molar-refractivity contribution in [3.8, 4) is 5.75 Å². The summed E-state index contributed by atoms with van der Waals surface area (Å²) < 4.78 is 5.68. The molecule has 1 atom stereocenters. The van der Waals surface area contributed by atoms with E-state index in [1.807, 2.05) is 33.0 Å². The molecule has 3 nitrogen and oxygen atoms in total. The van der Waals surface area contributed by atoms with E-state index < -0.39 is 0 Å². The third-order valence-electron chi connectivity index (χ3n) is 3.44. The molecular formula is C16H28N2O. The average Bonchev–Trinajstić information content (AvgIpc) is 2.31. The molecule has 1 aromatic carbocycles. The summed E-state index contributed by atoms with van der Waals surface area (Å²) in [6, 6.07) is 8.65. The van der Waals surface area contributed by atoms with Crippen LogP contribution in [0.4, 0.5) is 0 Å². The molecule has 1 unspecified atom stereocenters. The Morgan fingerprint density at radius 3 is 2.21 bits per heavy atom. The van der Waals surface area contributed by atoms with Crippen LogP contribution in [0.5, 0.6) is 5.75 Å². The fourth-order valence-electron chi connectivity index (χ4n) is 2.54. The first-order chi connectivity index (χ1) is 8.90. The Hall–Kier alpha value is -1.06. The van der Waals surface area contributed by atoms with Crippen LogP contribution in [0.25, 0.3) is 0 Å². The fraction of sp³-hybridized carbons (Fsp3) is 0.625. The SMILES string of the molecule is CNC(c1ccc(OC(C)C)cc1)C(C)(C)CCN. The van der Waals surface area contributed by atoms with E-state index in [4.69, 9.17) is 10.5 Å². The second-order valence-corrected chi connectivity index (χ2v) is 5.98. The van der Waals surface area contributed by atoms with Gasteiger partial charge in [0.25, 0.3) is 0 Å². The smallest absolute Gasteiger partial charge is 0.119 e. The summed E-state index contributed by atoms with van der Waals surface area (Å²) in [4.78, 5) is 0. The quantitative estimate of drug-likeness (QED) is 0.795. The Labute approximate surface area is 117 Å². The minimum absolute atomic E-state index is 0.129. The van der Waals surface area contributed by atoms with Crippen molar-refractivity contribution >= 4 is 0 Å². The molecule has 0 heterocycles. The van der Waals surface area contributed by atoms with Crippen molar-refractivity contribution in [1.29, 1.82) is 0 Å². The highest BCUT2D eigenvalue weighted by atomic mass is 16.5. The Morgan fingerprint density at radius 1 is 1.21 bits per heavy atom. The first kappa shape index (κ1) is 16.0. The number of ether oxygens (including phenoxy) is 1. The van der Waals surface area contributed by atoms with Crippen LogP contribution in [0.1, 0.15) is 45.7 Å². The molecule has 0 bridgehead atoms. The zero-order valence-electron chi connectivity index (χ0n) is 12.9. The van der Waals surface area contributed by atoms with Crippen LogP contribution in [-0.4, -0.2) is 19.7 Å². The first-order valence-electron chi connectivity index (χ1n) is 7.04. The Bertz CT molecular complexity index is 371. The lowest BCUT2D eigenvalue weighted by Crippen LogP contribution is -2.33. The van der Waals surface area contributed by atoms with Crippen LogP contribution in [0.3, 0.4) is 0 Å². The molecule has 3 N–H and O–H groups in total. The van der Waals surface area contributed by atoms with Crippen LogP contribution in [0.15, 0.2) is 24.3 Å². The van der Waals surface area contributed by atoms with Gasteiger partial charge in [0.1, 0.15) is 5.75 Å². The molecule has 108 valence electrons. The van der Waals surface area contributed by atoms with Gasteiger partial charge in [0.2, 0.25) is 0 Å². The molecule has 1 aromatic rings. The van der Waals surface area contributed by atoms with Gasteiger partial charge in [-0.25, -0.2) is 0 Å². The van der Waals surface area contributed by atoms with Crippen molar-refractivity contribution in [3.05, 3.63) is 29.8 Å². The maximum atomic E-state index is 5.72. The maximum Gasteiger partial charge on any atom is 0.119 e. The summed E-state index contributed by atoms with van der Waals surface area (Å²) in [7, 11) is 2.00. The molecule has 0 saturated heterocycles. The van der Waals surface area contributed by atoms with Crippen molar-refractivity contribution in [2.75, 3.05) is 13.6 Å². The van der Waals surface area contributed by atoms with Crippen molar-refractivity contribution in [2.24, 2.45) is 11.1 Å². The topological polar surface area (TPSA) is 47.3 Å². The Balaban J connectivity index is 2.87. The van der Waals surface area contributed by atoms with Crippen LogP contribution in [0, 0.1) is 5.41 Å². The van der Waals surface area contributed by atoms with E-state index in [1.54, 1.807) is 0 Å². The normalized spacial score (nSPS) is 13.6. The molecule has 0 aliphatic carbocycles. The van der Waals surface area contributed by atoms with Crippen molar-refractivity contribution in [3.63, 3.8) is 0 Å². The molecule has 3 heteroatoms. The number of benzene rings is 1. The van der Waals surface area contributed by atoms with Crippen LogP contribution < -0.4 is 15.8 Å². The monoisotopic (exact) mass is 264 g/mol. The Morgan fingerprint density at radius 2 is 1.79 bits per heavy atom. The van der Waals surface area contributed by atoms with Gasteiger partial charge in [-0.2, -0.15) is 0 Å². The van der Waals surface area contributed by atoms with Gasteiger partial charge in [-0.05, 0) is 57.0 Å². The van der Waals surface area contributed by atoms with E-state index in [-0.39, 0.29) is 11.5 Å². The largest absolute Gasteiger partial charge is 0.491 e. The second kappa shape index (κ2) is 6.92. The summed E-state index contributed by atoms with van der Waals surface area (Å²) in [6.45, 7) is 9.28. The van der Waals surface area contributed by atoms with Gasteiger partial charge in [0, 0.05) is 6.04 Å². The molecule has 0 aliphatic heterocycles. The van der Waals surface area contributed by atoms with Crippen LogP contribution in [0.2, 0.25) is 0 Å². The third kappa shape index (κ3) is 4.51. The zero-order valence-corrected chi connectivity index (χ0v) is 12.9. The molecule has 0 amide bonds. The summed E-state index contributed by atoms with van der Waals surface area (Å²) in [5.41, 5.74) is 7.12. The minimum Gasteiger partial charge on any atom is -0.491 e. The number of hydrogen-bond acceptors (Lipinski definition) is 3. The molecule has 19 heavy (non-hydrogen) atoms. The zero-order chi connectivity index (χ0) is 14.5. The molecule has 0 radical (unpaired) electrons. The molecule has 0 saturated carbocycles. The average molecular weight is 264 g/mol. The lowest BCUT2D eigenvalue weighted by Gasteiger charge is -2.34. The number of rotatable bonds is 7. The molecule has 0 spiro atoms. The molecule has 1 rings (SSSR count). The molecule has 0 aliphatic rings. The molecule has 0 fully saturated rings.